The van der Waals surface area contributed by atoms with Gasteiger partial charge in [-0.3, -0.25) is 19.8 Å². The van der Waals surface area contributed by atoms with Gasteiger partial charge in [0.05, 0.1) is 17.5 Å². The van der Waals surface area contributed by atoms with Crippen LogP contribution in [0, 0.1) is 5.82 Å². The van der Waals surface area contributed by atoms with E-state index in [-0.39, 0.29) is 11.7 Å². The van der Waals surface area contributed by atoms with Crippen LogP contribution < -0.4 is 10.2 Å². The van der Waals surface area contributed by atoms with Gasteiger partial charge >= 0.3 is 0 Å². The summed E-state index contributed by atoms with van der Waals surface area (Å²) < 4.78 is 13.5. The molecule has 29 heavy (non-hydrogen) atoms. The first kappa shape index (κ1) is 17.1. The highest BCUT2D eigenvalue weighted by atomic mass is 19.1. The van der Waals surface area contributed by atoms with Gasteiger partial charge in [0, 0.05) is 34.9 Å². The average molecular weight is 385 g/mol. The summed E-state index contributed by atoms with van der Waals surface area (Å²) in [6, 6.07) is 17.0. The van der Waals surface area contributed by atoms with Gasteiger partial charge in [-0.2, -0.15) is 5.10 Å². The second kappa shape index (κ2) is 6.87. The predicted octanol–water partition coefficient (Wildman–Crippen LogP) is 4.38. The third-order valence-corrected chi connectivity index (χ3v) is 4.94. The van der Waals surface area contributed by atoms with Crippen molar-refractivity contribution in [1.29, 1.82) is 0 Å². The van der Waals surface area contributed by atoms with E-state index in [1.165, 1.54) is 12.1 Å². The molecule has 0 fully saturated rings. The number of halogens is 1. The molecule has 0 saturated carbocycles. The molecule has 0 spiro atoms. The van der Waals surface area contributed by atoms with Gasteiger partial charge in [-0.05, 0) is 48.5 Å². The fourth-order valence-electron chi connectivity index (χ4n) is 3.58. The van der Waals surface area contributed by atoms with E-state index in [0.717, 1.165) is 22.5 Å². The first-order valence-corrected chi connectivity index (χ1v) is 9.11. The summed E-state index contributed by atoms with van der Waals surface area (Å²) in [5.74, 6) is -0.531. The number of hydrogen-bond acceptors (Lipinski definition) is 4. The lowest BCUT2D eigenvalue weighted by Gasteiger charge is -2.38. The number of rotatable bonds is 3. The highest BCUT2D eigenvalue weighted by Crippen LogP contribution is 2.39. The van der Waals surface area contributed by atoms with Crippen molar-refractivity contribution < 1.29 is 9.18 Å². The highest BCUT2D eigenvalue weighted by Gasteiger charge is 2.36. The molecular weight excluding hydrogens is 369 g/mol. The van der Waals surface area contributed by atoms with Crippen molar-refractivity contribution in [3.05, 3.63) is 96.2 Å². The summed E-state index contributed by atoms with van der Waals surface area (Å²) in [4.78, 5) is 19.2. The van der Waals surface area contributed by atoms with Crippen molar-refractivity contribution in [3.8, 4) is 11.3 Å². The molecular formula is C22H16FN5O. The first-order chi connectivity index (χ1) is 14.2. The number of fused-ring (bicyclic) bond motifs is 1. The maximum Gasteiger partial charge on any atom is 0.262 e. The van der Waals surface area contributed by atoms with Crippen LogP contribution in [0.1, 0.15) is 22.1 Å². The van der Waals surface area contributed by atoms with Crippen LogP contribution in [-0.2, 0) is 0 Å². The van der Waals surface area contributed by atoms with E-state index >= 15 is 0 Å². The number of hydrogen-bond donors (Lipinski definition) is 2. The molecule has 0 aliphatic carbocycles. The Hall–Kier alpha value is -4.00. The number of benzene rings is 2. The third kappa shape index (κ3) is 2.93. The zero-order chi connectivity index (χ0) is 19.8. The fourth-order valence-corrected chi connectivity index (χ4v) is 3.58. The number of anilines is 2. The van der Waals surface area contributed by atoms with Crippen molar-refractivity contribution in [2.45, 2.75) is 6.17 Å². The minimum absolute atomic E-state index is 0.172. The van der Waals surface area contributed by atoms with Crippen LogP contribution >= 0.6 is 0 Å². The summed E-state index contributed by atoms with van der Waals surface area (Å²) in [5, 5.41) is 10.7. The van der Waals surface area contributed by atoms with Gasteiger partial charge in [0.15, 0.2) is 0 Å². The van der Waals surface area contributed by atoms with E-state index in [1.54, 1.807) is 41.7 Å². The largest absolute Gasteiger partial charge is 0.360 e. The van der Waals surface area contributed by atoms with Crippen molar-refractivity contribution in [2.75, 3.05) is 10.2 Å². The van der Waals surface area contributed by atoms with Crippen LogP contribution in [-0.4, -0.2) is 21.1 Å². The van der Waals surface area contributed by atoms with Crippen molar-refractivity contribution in [1.82, 2.24) is 15.2 Å². The Labute approximate surface area is 166 Å². The Balaban J connectivity index is 1.67. The van der Waals surface area contributed by atoms with Crippen LogP contribution in [0.2, 0.25) is 0 Å². The predicted molar refractivity (Wildman–Crippen MR) is 108 cm³/mol. The molecule has 1 atom stereocenters. The number of amides is 1. The standard InChI is InChI=1S/C22H16FN5O/c23-15-7-9-16(10-8-15)28-21(26-19-6-2-1-5-17(19)22(28)29)18-13-25-27-20(18)14-4-3-11-24-12-14/h1-13,21,26H,(H,25,27)/t21-/m1/s1. The number of carbonyl (C=O) groups excluding carboxylic acids is 1. The first-order valence-electron chi connectivity index (χ1n) is 9.11. The monoisotopic (exact) mass is 385 g/mol. The molecule has 2 aromatic heterocycles. The Morgan fingerprint density at radius 2 is 1.79 bits per heavy atom. The molecule has 142 valence electrons. The smallest absolute Gasteiger partial charge is 0.262 e. The zero-order valence-electron chi connectivity index (χ0n) is 15.2. The third-order valence-electron chi connectivity index (χ3n) is 4.94. The molecule has 2 aromatic carbocycles. The van der Waals surface area contributed by atoms with Crippen LogP contribution in [0.4, 0.5) is 15.8 Å². The molecule has 2 N–H and O–H groups in total. The summed E-state index contributed by atoms with van der Waals surface area (Å²) in [5.41, 5.74) is 4.27. The number of aromatic nitrogens is 3. The van der Waals surface area contributed by atoms with Gasteiger partial charge in [-0.25, -0.2) is 4.39 Å². The number of H-pyrrole nitrogens is 1. The number of pyridine rings is 1. The van der Waals surface area contributed by atoms with E-state index in [0.29, 0.717) is 11.3 Å². The lowest BCUT2D eigenvalue weighted by Crippen LogP contribution is -2.43. The number of carbonyl (C=O) groups is 1. The molecule has 6 nitrogen and oxygen atoms in total. The summed E-state index contributed by atoms with van der Waals surface area (Å²) >= 11 is 0. The lowest BCUT2D eigenvalue weighted by molar-refractivity contribution is 0.0975. The number of para-hydroxylation sites is 1. The molecule has 4 aromatic rings. The topological polar surface area (TPSA) is 73.9 Å². The molecule has 0 unspecified atom stereocenters. The Kier molecular flexibility index (Phi) is 4.05. The maximum absolute atomic E-state index is 13.5. The van der Waals surface area contributed by atoms with Crippen LogP contribution in [0.3, 0.4) is 0 Å². The van der Waals surface area contributed by atoms with Crippen LogP contribution in [0.15, 0.2) is 79.3 Å². The van der Waals surface area contributed by atoms with Gasteiger partial charge in [-0.1, -0.05) is 12.1 Å². The van der Waals surface area contributed by atoms with Crippen LogP contribution in [0.5, 0.6) is 0 Å². The highest BCUT2D eigenvalue weighted by molar-refractivity contribution is 6.12. The van der Waals surface area contributed by atoms with Gasteiger partial charge in [0.2, 0.25) is 0 Å². The summed E-state index contributed by atoms with van der Waals surface area (Å²) in [6.07, 6.45) is 4.59. The van der Waals surface area contributed by atoms with E-state index in [1.807, 2.05) is 30.3 Å². The Morgan fingerprint density at radius 3 is 2.59 bits per heavy atom. The van der Waals surface area contributed by atoms with Gasteiger partial charge < -0.3 is 5.32 Å². The van der Waals surface area contributed by atoms with Gasteiger partial charge in [-0.15, -0.1) is 0 Å². The normalized spacial score (nSPS) is 15.7. The lowest BCUT2D eigenvalue weighted by atomic mass is 10.0. The zero-order valence-corrected chi connectivity index (χ0v) is 15.2. The molecule has 5 rings (SSSR count). The minimum Gasteiger partial charge on any atom is -0.360 e. The second-order valence-electron chi connectivity index (χ2n) is 6.69. The number of aromatic amines is 1. The molecule has 3 heterocycles. The SMILES string of the molecule is O=C1c2ccccc2N[C@@H](c2cn[nH]c2-c2cccnc2)N1c1ccc(F)cc1. The molecule has 0 saturated heterocycles. The molecule has 7 heteroatoms. The van der Waals surface area contributed by atoms with Gasteiger partial charge in [0.1, 0.15) is 12.0 Å². The van der Waals surface area contributed by atoms with Gasteiger partial charge in [0.25, 0.3) is 5.91 Å². The van der Waals surface area contributed by atoms with E-state index in [4.69, 9.17) is 0 Å². The average Bonchev–Trinajstić information content (AvgIpc) is 3.25. The number of nitrogens with one attached hydrogen (secondary N) is 2. The fraction of sp³-hybridized carbons (Fsp3) is 0.0455. The van der Waals surface area contributed by atoms with E-state index in [9.17, 15) is 9.18 Å². The van der Waals surface area contributed by atoms with Crippen molar-refractivity contribution in [3.63, 3.8) is 0 Å². The minimum atomic E-state index is -0.531. The number of nitrogens with zero attached hydrogens (tertiary/aromatic N) is 3. The summed E-state index contributed by atoms with van der Waals surface area (Å²) in [6.45, 7) is 0. The van der Waals surface area contributed by atoms with Crippen molar-refractivity contribution in [2.24, 2.45) is 0 Å². The molecule has 0 bridgehead atoms. The molecule has 1 aliphatic rings. The Morgan fingerprint density at radius 1 is 0.966 bits per heavy atom. The molecule has 0 radical (unpaired) electrons. The van der Waals surface area contributed by atoms with E-state index < -0.39 is 6.17 Å². The summed E-state index contributed by atoms with van der Waals surface area (Å²) in [7, 11) is 0. The second-order valence-corrected chi connectivity index (χ2v) is 6.69. The van der Waals surface area contributed by atoms with E-state index in [2.05, 4.69) is 20.5 Å². The molecule has 1 amide bonds. The Bertz CT molecular complexity index is 1170. The van der Waals surface area contributed by atoms with Crippen molar-refractivity contribution >= 4 is 17.3 Å². The van der Waals surface area contributed by atoms with Crippen LogP contribution in [0.25, 0.3) is 11.3 Å². The maximum atomic E-state index is 13.5. The quantitative estimate of drug-likeness (QED) is 0.549. The molecule has 1 aliphatic heterocycles.